The molecule has 1 amide bonds. The quantitative estimate of drug-likeness (QED) is 0.855. The smallest absolute Gasteiger partial charge is 0.270 e. The summed E-state index contributed by atoms with van der Waals surface area (Å²) < 4.78 is 5.51. The Morgan fingerprint density at radius 1 is 1.38 bits per heavy atom. The van der Waals surface area contributed by atoms with Crippen LogP contribution in [0.4, 0.5) is 5.69 Å². The van der Waals surface area contributed by atoms with Crippen molar-refractivity contribution in [3.8, 4) is 0 Å². The predicted molar refractivity (Wildman–Crippen MR) is 82.3 cm³/mol. The molecule has 2 heterocycles. The Morgan fingerprint density at radius 3 is 2.86 bits per heavy atom. The average Bonchev–Trinajstić information content (AvgIpc) is 2.92. The number of nitrogens with one attached hydrogen (secondary N) is 2. The standard InChI is InChI=1S/C16H21N3O2/c1-4-8-17-13-7-9-18-14(10-13)16(20)19-12(3)15-6-5-11(2)21-15/h5-7,9-10,12H,4,8H2,1-3H3,(H,17,18)(H,19,20). The molecule has 0 aromatic carbocycles. The van der Waals surface area contributed by atoms with E-state index in [1.807, 2.05) is 32.0 Å². The number of hydrogen-bond donors (Lipinski definition) is 2. The fraction of sp³-hybridized carbons (Fsp3) is 0.375. The first-order valence-electron chi connectivity index (χ1n) is 7.17. The summed E-state index contributed by atoms with van der Waals surface area (Å²) in [5.41, 5.74) is 1.30. The summed E-state index contributed by atoms with van der Waals surface area (Å²) in [4.78, 5) is 16.3. The first-order chi connectivity index (χ1) is 10.1. The molecule has 0 radical (unpaired) electrons. The monoisotopic (exact) mass is 287 g/mol. The molecule has 112 valence electrons. The minimum atomic E-state index is -0.211. The number of carbonyl (C=O) groups excluding carboxylic acids is 1. The van der Waals surface area contributed by atoms with Crippen LogP contribution < -0.4 is 10.6 Å². The van der Waals surface area contributed by atoms with Crippen LogP contribution in [0.1, 0.15) is 48.3 Å². The molecule has 2 rings (SSSR count). The number of nitrogens with zero attached hydrogens (tertiary/aromatic N) is 1. The second-order valence-corrected chi connectivity index (χ2v) is 5.00. The molecule has 0 spiro atoms. The van der Waals surface area contributed by atoms with Crippen molar-refractivity contribution in [1.29, 1.82) is 0 Å². The normalized spacial score (nSPS) is 12.0. The number of hydrogen-bond acceptors (Lipinski definition) is 4. The van der Waals surface area contributed by atoms with Gasteiger partial charge in [0.15, 0.2) is 0 Å². The zero-order valence-corrected chi connectivity index (χ0v) is 12.6. The number of rotatable bonds is 6. The molecule has 0 aliphatic heterocycles. The van der Waals surface area contributed by atoms with Crippen LogP contribution in [0.15, 0.2) is 34.9 Å². The van der Waals surface area contributed by atoms with E-state index < -0.39 is 0 Å². The van der Waals surface area contributed by atoms with E-state index in [1.54, 1.807) is 12.3 Å². The number of anilines is 1. The van der Waals surface area contributed by atoms with Gasteiger partial charge in [0, 0.05) is 18.4 Å². The summed E-state index contributed by atoms with van der Waals surface area (Å²) in [7, 11) is 0. The van der Waals surface area contributed by atoms with Crippen molar-refractivity contribution in [3.63, 3.8) is 0 Å². The van der Waals surface area contributed by atoms with Gasteiger partial charge in [-0.25, -0.2) is 0 Å². The maximum Gasteiger partial charge on any atom is 0.270 e. The Bertz CT molecular complexity index is 607. The second kappa shape index (κ2) is 6.92. The minimum absolute atomic E-state index is 0.194. The number of aryl methyl sites for hydroxylation is 1. The van der Waals surface area contributed by atoms with Crippen LogP contribution in [-0.2, 0) is 0 Å². The van der Waals surface area contributed by atoms with Crippen molar-refractivity contribution in [1.82, 2.24) is 10.3 Å². The highest BCUT2D eigenvalue weighted by molar-refractivity contribution is 5.93. The van der Waals surface area contributed by atoms with Crippen LogP contribution in [0.3, 0.4) is 0 Å². The highest BCUT2D eigenvalue weighted by Gasteiger charge is 2.15. The van der Waals surface area contributed by atoms with Crippen molar-refractivity contribution in [2.45, 2.75) is 33.2 Å². The van der Waals surface area contributed by atoms with Crippen LogP contribution in [-0.4, -0.2) is 17.4 Å². The van der Waals surface area contributed by atoms with Crippen molar-refractivity contribution in [2.24, 2.45) is 0 Å². The van der Waals surface area contributed by atoms with Crippen LogP contribution >= 0.6 is 0 Å². The first kappa shape index (κ1) is 15.1. The van der Waals surface area contributed by atoms with Crippen molar-refractivity contribution < 1.29 is 9.21 Å². The number of amides is 1. The zero-order valence-electron chi connectivity index (χ0n) is 12.6. The maximum atomic E-state index is 12.2. The third-order valence-corrected chi connectivity index (χ3v) is 3.11. The van der Waals surface area contributed by atoms with Gasteiger partial charge in [0.2, 0.25) is 0 Å². The lowest BCUT2D eigenvalue weighted by atomic mass is 10.2. The molecule has 2 aromatic rings. The minimum Gasteiger partial charge on any atom is -0.464 e. The third-order valence-electron chi connectivity index (χ3n) is 3.11. The largest absolute Gasteiger partial charge is 0.464 e. The summed E-state index contributed by atoms with van der Waals surface area (Å²) in [6, 6.07) is 7.16. The Kier molecular flexibility index (Phi) is 4.98. The lowest BCUT2D eigenvalue weighted by molar-refractivity contribution is 0.0930. The molecule has 21 heavy (non-hydrogen) atoms. The summed E-state index contributed by atoms with van der Waals surface area (Å²) in [6.45, 7) is 6.72. The molecule has 0 aliphatic carbocycles. The van der Waals surface area contributed by atoms with E-state index in [0.717, 1.165) is 30.2 Å². The number of aromatic nitrogens is 1. The predicted octanol–water partition coefficient (Wildman–Crippen LogP) is 3.30. The Labute approximate surface area is 124 Å². The van der Waals surface area contributed by atoms with Gasteiger partial charge in [0.1, 0.15) is 17.2 Å². The van der Waals surface area contributed by atoms with E-state index in [-0.39, 0.29) is 11.9 Å². The average molecular weight is 287 g/mol. The summed E-state index contributed by atoms with van der Waals surface area (Å²) in [5, 5.41) is 6.13. The Morgan fingerprint density at radius 2 is 2.19 bits per heavy atom. The molecule has 1 unspecified atom stereocenters. The third kappa shape index (κ3) is 4.08. The highest BCUT2D eigenvalue weighted by atomic mass is 16.3. The molecule has 2 N–H and O–H groups in total. The van der Waals surface area contributed by atoms with E-state index in [2.05, 4.69) is 22.5 Å². The van der Waals surface area contributed by atoms with Gasteiger partial charge in [0.05, 0.1) is 6.04 Å². The Balaban J connectivity index is 2.02. The van der Waals surface area contributed by atoms with Gasteiger partial charge in [-0.05, 0) is 44.5 Å². The van der Waals surface area contributed by atoms with E-state index in [4.69, 9.17) is 4.42 Å². The second-order valence-electron chi connectivity index (χ2n) is 5.00. The maximum absolute atomic E-state index is 12.2. The summed E-state index contributed by atoms with van der Waals surface area (Å²) in [6.07, 6.45) is 2.66. The van der Waals surface area contributed by atoms with Crippen LogP contribution in [0.25, 0.3) is 0 Å². The van der Waals surface area contributed by atoms with Gasteiger partial charge in [-0.15, -0.1) is 0 Å². The molecule has 0 saturated carbocycles. The lowest BCUT2D eigenvalue weighted by Gasteiger charge is -2.12. The van der Waals surface area contributed by atoms with Gasteiger partial charge in [-0.2, -0.15) is 0 Å². The van der Waals surface area contributed by atoms with Crippen LogP contribution in [0.5, 0.6) is 0 Å². The van der Waals surface area contributed by atoms with E-state index in [0.29, 0.717) is 5.69 Å². The topological polar surface area (TPSA) is 67.2 Å². The molecule has 2 aromatic heterocycles. The van der Waals surface area contributed by atoms with Gasteiger partial charge < -0.3 is 15.1 Å². The molecule has 0 fully saturated rings. The van der Waals surface area contributed by atoms with Gasteiger partial charge in [-0.3, -0.25) is 9.78 Å². The first-order valence-corrected chi connectivity index (χ1v) is 7.17. The molecular weight excluding hydrogens is 266 g/mol. The van der Waals surface area contributed by atoms with E-state index >= 15 is 0 Å². The van der Waals surface area contributed by atoms with Gasteiger partial charge in [0.25, 0.3) is 5.91 Å². The fourth-order valence-electron chi connectivity index (χ4n) is 1.96. The summed E-state index contributed by atoms with van der Waals surface area (Å²) >= 11 is 0. The zero-order chi connectivity index (χ0) is 15.2. The molecule has 0 saturated heterocycles. The number of carbonyl (C=O) groups is 1. The van der Waals surface area contributed by atoms with Crippen LogP contribution in [0, 0.1) is 6.92 Å². The highest BCUT2D eigenvalue weighted by Crippen LogP contribution is 2.16. The summed E-state index contributed by atoms with van der Waals surface area (Å²) in [5.74, 6) is 1.35. The molecule has 0 bridgehead atoms. The SMILES string of the molecule is CCCNc1ccnc(C(=O)NC(C)c2ccc(C)o2)c1. The lowest BCUT2D eigenvalue weighted by Crippen LogP contribution is -2.27. The van der Waals surface area contributed by atoms with Crippen LogP contribution in [0.2, 0.25) is 0 Å². The molecule has 5 nitrogen and oxygen atoms in total. The molecule has 5 heteroatoms. The van der Waals surface area contributed by atoms with Gasteiger partial charge >= 0.3 is 0 Å². The van der Waals surface area contributed by atoms with Gasteiger partial charge in [-0.1, -0.05) is 6.92 Å². The fourth-order valence-corrected chi connectivity index (χ4v) is 1.96. The van der Waals surface area contributed by atoms with Crippen molar-refractivity contribution >= 4 is 11.6 Å². The van der Waals surface area contributed by atoms with E-state index in [1.165, 1.54) is 0 Å². The molecular formula is C16H21N3O2. The van der Waals surface area contributed by atoms with E-state index in [9.17, 15) is 4.79 Å². The Hall–Kier alpha value is -2.30. The van der Waals surface area contributed by atoms with Crippen molar-refractivity contribution in [3.05, 3.63) is 47.7 Å². The molecule has 1 atom stereocenters. The molecule has 0 aliphatic rings. The number of pyridine rings is 1. The number of furan rings is 1. The van der Waals surface area contributed by atoms with Crippen molar-refractivity contribution in [2.75, 3.05) is 11.9 Å².